The van der Waals surface area contributed by atoms with Crippen molar-refractivity contribution in [2.45, 2.75) is 38.7 Å². The molecule has 3 nitrogen and oxygen atoms in total. The Morgan fingerprint density at radius 2 is 2.43 bits per heavy atom. The fraction of sp³-hybridized carbons (Fsp3) is 0.727. The highest BCUT2D eigenvalue weighted by molar-refractivity contribution is 5.22. The molecule has 0 aliphatic heterocycles. The van der Waals surface area contributed by atoms with Crippen LogP contribution < -0.4 is 0 Å². The Hall–Kier alpha value is -0.830. The highest BCUT2D eigenvalue weighted by Gasteiger charge is 2.50. The number of aliphatic hydroxyl groups is 1. The summed E-state index contributed by atoms with van der Waals surface area (Å²) in [4.78, 5) is 0. The van der Waals surface area contributed by atoms with Crippen molar-refractivity contribution >= 4 is 0 Å². The summed E-state index contributed by atoms with van der Waals surface area (Å²) < 4.78 is 1.83. The van der Waals surface area contributed by atoms with Crippen molar-refractivity contribution < 1.29 is 5.11 Å². The smallest absolute Gasteiger partial charge is 0.0605 e. The molecule has 3 unspecified atom stereocenters. The molecule has 0 spiro atoms. The summed E-state index contributed by atoms with van der Waals surface area (Å²) in [6, 6.07) is 0. The molecule has 0 amide bonds. The van der Waals surface area contributed by atoms with Gasteiger partial charge in [0.2, 0.25) is 0 Å². The summed E-state index contributed by atoms with van der Waals surface area (Å²) in [5.74, 6) is 0.483. The van der Waals surface area contributed by atoms with Crippen molar-refractivity contribution in [1.82, 2.24) is 9.78 Å². The van der Waals surface area contributed by atoms with E-state index in [4.69, 9.17) is 0 Å². The van der Waals surface area contributed by atoms with Crippen LogP contribution in [0.25, 0.3) is 0 Å². The highest BCUT2D eigenvalue weighted by Crippen LogP contribution is 2.54. The lowest BCUT2D eigenvalue weighted by molar-refractivity contribution is -0.0777. The van der Waals surface area contributed by atoms with Crippen molar-refractivity contribution in [2.75, 3.05) is 0 Å². The fourth-order valence-electron chi connectivity index (χ4n) is 2.45. The van der Waals surface area contributed by atoms with E-state index in [1.807, 2.05) is 17.9 Å². The van der Waals surface area contributed by atoms with Crippen molar-refractivity contribution in [1.29, 1.82) is 0 Å². The molecule has 1 aromatic heterocycles. The quantitative estimate of drug-likeness (QED) is 0.778. The molecule has 2 rings (SSSR count). The maximum atomic E-state index is 9.78. The van der Waals surface area contributed by atoms with Gasteiger partial charge in [-0.2, -0.15) is 5.10 Å². The molecule has 3 heteroatoms. The molecule has 0 radical (unpaired) electrons. The first-order chi connectivity index (χ1) is 6.58. The molecule has 1 saturated carbocycles. The first-order valence-electron chi connectivity index (χ1n) is 5.24. The van der Waals surface area contributed by atoms with E-state index in [9.17, 15) is 5.11 Å². The molecule has 1 heterocycles. The van der Waals surface area contributed by atoms with E-state index in [0.717, 1.165) is 12.8 Å². The summed E-state index contributed by atoms with van der Waals surface area (Å²) in [6.07, 6.45) is 5.75. The van der Waals surface area contributed by atoms with Gasteiger partial charge < -0.3 is 5.11 Å². The number of nitrogens with zero attached hydrogens (tertiary/aromatic N) is 2. The SMILES string of the molecule is CCC1(C)C(O)CC1c1cnn(C)c1. The third kappa shape index (κ3) is 1.19. The van der Waals surface area contributed by atoms with E-state index in [1.165, 1.54) is 5.56 Å². The zero-order valence-electron chi connectivity index (χ0n) is 9.07. The summed E-state index contributed by atoms with van der Waals surface area (Å²) in [7, 11) is 1.93. The van der Waals surface area contributed by atoms with Crippen molar-refractivity contribution in [3.63, 3.8) is 0 Å². The van der Waals surface area contributed by atoms with E-state index in [1.54, 1.807) is 0 Å². The predicted octanol–water partition coefficient (Wildman–Crippen LogP) is 1.68. The average molecular weight is 194 g/mol. The maximum Gasteiger partial charge on any atom is 0.0605 e. The zero-order valence-corrected chi connectivity index (χ0v) is 9.07. The van der Waals surface area contributed by atoms with Gasteiger partial charge in [-0.15, -0.1) is 0 Å². The molecule has 0 saturated heterocycles. The van der Waals surface area contributed by atoms with Gasteiger partial charge in [0.15, 0.2) is 0 Å². The van der Waals surface area contributed by atoms with Crippen LogP contribution in [-0.4, -0.2) is 21.0 Å². The normalized spacial score (nSPS) is 36.9. The fourth-order valence-corrected chi connectivity index (χ4v) is 2.45. The van der Waals surface area contributed by atoms with Gasteiger partial charge in [-0.1, -0.05) is 13.8 Å². The minimum Gasteiger partial charge on any atom is -0.393 e. The molecule has 3 atom stereocenters. The van der Waals surface area contributed by atoms with Crippen LogP contribution in [0.4, 0.5) is 0 Å². The van der Waals surface area contributed by atoms with Gasteiger partial charge in [-0.05, 0) is 24.3 Å². The Morgan fingerprint density at radius 1 is 1.71 bits per heavy atom. The zero-order chi connectivity index (χ0) is 10.3. The van der Waals surface area contributed by atoms with Gasteiger partial charge in [-0.25, -0.2) is 0 Å². The maximum absolute atomic E-state index is 9.78. The van der Waals surface area contributed by atoms with Crippen LogP contribution in [0.1, 0.15) is 38.2 Å². The third-order valence-corrected chi connectivity index (χ3v) is 3.91. The molecule has 0 aromatic carbocycles. The lowest BCUT2D eigenvalue weighted by atomic mass is 9.56. The number of aliphatic hydroxyl groups excluding tert-OH is 1. The molecule has 1 aliphatic rings. The Labute approximate surface area is 84.7 Å². The average Bonchev–Trinajstić information content (AvgIpc) is 2.59. The summed E-state index contributed by atoms with van der Waals surface area (Å²) in [5, 5.41) is 14.0. The molecule has 14 heavy (non-hydrogen) atoms. The van der Waals surface area contributed by atoms with E-state index < -0.39 is 0 Å². The number of hydrogen-bond donors (Lipinski definition) is 1. The lowest BCUT2D eigenvalue weighted by Gasteiger charge is -2.51. The Bertz CT molecular complexity index is 334. The van der Waals surface area contributed by atoms with Gasteiger partial charge in [0.05, 0.1) is 12.3 Å². The highest BCUT2D eigenvalue weighted by atomic mass is 16.3. The monoisotopic (exact) mass is 194 g/mol. The topological polar surface area (TPSA) is 38.1 Å². The predicted molar refractivity (Wildman–Crippen MR) is 55.0 cm³/mol. The molecule has 0 bridgehead atoms. The minimum atomic E-state index is -0.141. The summed E-state index contributed by atoms with van der Waals surface area (Å²) in [6.45, 7) is 4.31. The van der Waals surface area contributed by atoms with Gasteiger partial charge in [0, 0.05) is 18.7 Å². The van der Waals surface area contributed by atoms with Crippen LogP contribution in [-0.2, 0) is 7.05 Å². The Kier molecular flexibility index (Phi) is 2.14. The molecule has 78 valence electrons. The number of aryl methyl sites for hydroxylation is 1. The van der Waals surface area contributed by atoms with Crippen LogP contribution in [0.15, 0.2) is 12.4 Å². The first kappa shape index (κ1) is 9.71. The summed E-state index contributed by atoms with van der Waals surface area (Å²) >= 11 is 0. The van der Waals surface area contributed by atoms with Crippen LogP contribution >= 0.6 is 0 Å². The van der Waals surface area contributed by atoms with Crippen molar-refractivity contribution in [3.05, 3.63) is 18.0 Å². The van der Waals surface area contributed by atoms with E-state index >= 15 is 0 Å². The van der Waals surface area contributed by atoms with Crippen molar-refractivity contribution in [3.8, 4) is 0 Å². The molecule has 1 aromatic rings. The Balaban J connectivity index is 2.22. The molecular weight excluding hydrogens is 176 g/mol. The first-order valence-corrected chi connectivity index (χ1v) is 5.24. The van der Waals surface area contributed by atoms with E-state index in [0.29, 0.717) is 5.92 Å². The second kappa shape index (κ2) is 3.09. The van der Waals surface area contributed by atoms with E-state index in [-0.39, 0.29) is 11.5 Å². The summed E-state index contributed by atoms with van der Waals surface area (Å²) in [5.41, 5.74) is 1.32. The number of hydrogen-bond acceptors (Lipinski definition) is 2. The van der Waals surface area contributed by atoms with Gasteiger partial charge in [0.1, 0.15) is 0 Å². The number of rotatable bonds is 2. The standard InChI is InChI=1S/C11H18N2O/c1-4-11(2)9(5-10(11)14)8-6-12-13(3)7-8/h6-7,9-10,14H,4-5H2,1-3H3. The second-order valence-electron chi connectivity index (χ2n) is 4.61. The molecule has 1 N–H and O–H groups in total. The van der Waals surface area contributed by atoms with E-state index in [2.05, 4.69) is 25.1 Å². The molecular formula is C11H18N2O. The lowest BCUT2D eigenvalue weighted by Crippen LogP contribution is -2.49. The second-order valence-corrected chi connectivity index (χ2v) is 4.61. The van der Waals surface area contributed by atoms with Crippen LogP contribution in [0, 0.1) is 5.41 Å². The van der Waals surface area contributed by atoms with Crippen LogP contribution in [0.5, 0.6) is 0 Å². The van der Waals surface area contributed by atoms with Crippen LogP contribution in [0.2, 0.25) is 0 Å². The minimum absolute atomic E-state index is 0.0586. The molecule has 1 aliphatic carbocycles. The van der Waals surface area contributed by atoms with Gasteiger partial charge in [-0.3, -0.25) is 4.68 Å². The van der Waals surface area contributed by atoms with Gasteiger partial charge in [0.25, 0.3) is 0 Å². The largest absolute Gasteiger partial charge is 0.393 e. The molecule has 1 fully saturated rings. The Morgan fingerprint density at radius 3 is 2.86 bits per heavy atom. The third-order valence-electron chi connectivity index (χ3n) is 3.91. The van der Waals surface area contributed by atoms with Gasteiger partial charge >= 0.3 is 0 Å². The van der Waals surface area contributed by atoms with Crippen LogP contribution in [0.3, 0.4) is 0 Å². The number of aromatic nitrogens is 2. The van der Waals surface area contributed by atoms with Crippen molar-refractivity contribution in [2.24, 2.45) is 12.5 Å².